The van der Waals surface area contributed by atoms with Crippen molar-refractivity contribution in [2.75, 3.05) is 5.73 Å². The summed E-state index contributed by atoms with van der Waals surface area (Å²) in [5, 5.41) is 0. The number of nitrogen functional groups attached to an aromatic ring is 1. The van der Waals surface area contributed by atoms with E-state index in [-0.39, 0.29) is 5.75 Å². The van der Waals surface area contributed by atoms with Crippen molar-refractivity contribution in [3.05, 3.63) is 42.0 Å². The molecule has 0 saturated heterocycles. The number of benzene rings is 1. The maximum atomic E-state index is 13.5. The topological polar surface area (TPSA) is 61.0 Å². The molecule has 0 saturated carbocycles. The molecule has 0 atom stereocenters. The third kappa shape index (κ3) is 2.56. The number of nitrogens with two attached hydrogens (primary N) is 1. The fraction of sp³-hybridized carbons (Fsp3) is 0.231. The predicted molar refractivity (Wildman–Crippen MR) is 66.9 cm³/mol. The lowest BCUT2D eigenvalue weighted by Gasteiger charge is -2.11. The second-order valence-corrected chi connectivity index (χ2v) is 3.83. The van der Waals surface area contributed by atoms with Gasteiger partial charge in [-0.05, 0) is 18.6 Å². The van der Waals surface area contributed by atoms with Gasteiger partial charge in [0.1, 0.15) is 12.1 Å². The van der Waals surface area contributed by atoms with Crippen molar-refractivity contribution in [3.63, 3.8) is 0 Å². The van der Waals surface area contributed by atoms with Crippen LogP contribution < -0.4 is 10.5 Å². The molecule has 1 aromatic carbocycles. The normalized spacial score (nSPS) is 10.3. The molecule has 0 unspecified atom stereocenters. The van der Waals surface area contributed by atoms with Crippen LogP contribution >= 0.6 is 0 Å². The van der Waals surface area contributed by atoms with Crippen LogP contribution in [0.4, 0.5) is 10.2 Å². The van der Waals surface area contributed by atoms with E-state index in [1.54, 1.807) is 18.2 Å². The summed E-state index contributed by atoms with van der Waals surface area (Å²) >= 11 is 0. The van der Waals surface area contributed by atoms with Gasteiger partial charge in [0.2, 0.25) is 5.88 Å². The molecule has 0 amide bonds. The highest BCUT2D eigenvalue weighted by atomic mass is 19.1. The standard InChI is InChI=1S/C13H14FN3O/c1-2-5-9-12(15)16-8-17-13(9)18-11-7-4-3-6-10(11)14/h3-4,6-8H,2,5H2,1H3,(H2,15,16,17). The summed E-state index contributed by atoms with van der Waals surface area (Å²) in [6.45, 7) is 2.01. The summed E-state index contributed by atoms with van der Waals surface area (Å²) < 4.78 is 19.0. The summed E-state index contributed by atoms with van der Waals surface area (Å²) in [5.74, 6) is 0.387. The molecule has 4 nitrogen and oxygen atoms in total. The first-order valence-corrected chi connectivity index (χ1v) is 5.74. The lowest BCUT2D eigenvalue weighted by atomic mass is 10.2. The SMILES string of the molecule is CCCc1c(N)ncnc1Oc1ccccc1F. The van der Waals surface area contributed by atoms with Gasteiger partial charge in [0.05, 0.1) is 5.56 Å². The number of aromatic nitrogens is 2. The van der Waals surface area contributed by atoms with Gasteiger partial charge in [0, 0.05) is 0 Å². The van der Waals surface area contributed by atoms with Gasteiger partial charge >= 0.3 is 0 Å². The summed E-state index contributed by atoms with van der Waals surface area (Å²) in [7, 11) is 0. The van der Waals surface area contributed by atoms with Crippen LogP contribution in [-0.2, 0) is 6.42 Å². The van der Waals surface area contributed by atoms with Crippen molar-refractivity contribution >= 4 is 5.82 Å². The van der Waals surface area contributed by atoms with Crippen LogP contribution in [0.2, 0.25) is 0 Å². The van der Waals surface area contributed by atoms with E-state index in [2.05, 4.69) is 9.97 Å². The van der Waals surface area contributed by atoms with Gasteiger partial charge in [0.15, 0.2) is 11.6 Å². The number of ether oxygens (including phenoxy) is 1. The van der Waals surface area contributed by atoms with Crippen LogP contribution in [0.5, 0.6) is 11.6 Å². The fourth-order valence-electron chi connectivity index (χ4n) is 1.61. The third-order valence-corrected chi connectivity index (χ3v) is 2.48. The first-order valence-electron chi connectivity index (χ1n) is 5.74. The third-order valence-electron chi connectivity index (χ3n) is 2.48. The van der Waals surface area contributed by atoms with Crippen molar-refractivity contribution in [1.29, 1.82) is 0 Å². The molecule has 2 rings (SSSR count). The highest BCUT2D eigenvalue weighted by Gasteiger charge is 2.12. The Morgan fingerprint density at radius 3 is 2.78 bits per heavy atom. The van der Waals surface area contributed by atoms with Crippen molar-refractivity contribution in [1.82, 2.24) is 9.97 Å². The monoisotopic (exact) mass is 247 g/mol. The molecule has 2 aromatic rings. The number of hydrogen-bond acceptors (Lipinski definition) is 4. The molecule has 0 aliphatic rings. The molecule has 1 heterocycles. The van der Waals surface area contributed by atoms with Crippen LogP contribution in [0.25, 0.3) is 0 Å². The lowest BCUT2D eigenvalue weighted by molar-refractivity contribution is 0.421. The maximum Gasteiger partial charge on any atom is 0.227 e. The summed E-state index contributed by atoms with van der Waals surface area (Å²) in [6, 6.07) is 6.18. The van der Waals surface area contributed by atoms with E-state index in [0.29, 0.717) is 23.7 Å². The minimum atomic E-state index is -0.433. The van der Waals surface area contributed by atoms with Crippen molar-refractivity contribution in [2.45, 2.75) is 19.8 Å². The zero-order valence-corrected chi connectivity index (χ0v) is 10.1. The molecule has 0 aliphatic carbocycles. The number of halogens is 1. The summed E-state index contributed by atoms with van der Waals surface area (Å²) in [4.78, 5) is 7.93. The second-order valence-electron chi connectivity index (χ2n) is 3.83. The smallest absolute Gasteiger partial charge is 0.227 e. The van der Waals surface area contributed by atoms with E-state index in [1.807, 2.05) is 6.92 Å². The van der Waals surface area contributed by atoms with Gasteiger partial charge in [-0.15, -0.1) is 0 Å². The van der Waals surface area contributed by atoms with Crippen LogP contribution in [0, 0.1) is 5.82 Å². The molecule has 2 N–H and O–H groups in total. The average molecular weight is 247 g/mol. The molecule has 0 spiro atoms. The first kappa shape index (κ1) is 12.3. The lowest BCUT2D eigenvalue weighted by Crippen LogP contribution is -2.03. The van der Waals surface area contributed by atoms with Crippen LogP contribution in [0.1, 0.15) is 18.9 Å². The number of hydrogen-bond donors (Lipinski definition) is 1. The van der Waals surface area contributed by atoms with Crippen LogP contribution in [0.3, 0.4) is 0 Å². The van der Waals surface area contributed by atoms with E-state index >= 15 is 0 Å². The molecule has 0 bridgehead atoms. The Bertz CT molecular complexity index is 546. The molecule has 1 aromatic heterocycles. The minimum Gasteiger partial charge on any atom is -0.435 e. The first-order chi connectivity index (χ1) is 8.72. The van der Waals surface area contributed by atoms with E-state index in [0.717, 1.165) is 6.42 Å². The van der Waals surface area contributed by atoms with E-state index in [4.69, 9.17) is 10.5 Å². The van der Waals surface area contributed by atoms with E-state index < -0.39 is 5.82 Å². The Morgan fingerprint density at radius 2 is 2.06 bits per heavy atom. The summed E-state index contributed by atoms with van der Waals surface area (Å²) in [5.41, 5.74) is 6.49. The Labute approximate surface area is 105 Å². The van der Waals surface area contributed by atoms with Crippen LogP contribution in [0.15, 0.2) is 30.6 Å². The average Bonchev–Trinajstić information content (AvgIpc) is 2.36. The molecule has 0 radical (unpaired) electrons. The van der Waals surface area contributed by atoms with E-state index in [1.165, 1.54) is 12.4 Å². The molecule has 94 valence electrons. The van der Waals surface area contributed by atoms with E-state index in [9.17, 15) is 4.39 Å². The van der Waals surface area contributed by atoms with Gasteiger partial charge < -0.3 is 10.5 Å². The molecular weight excluding hydrogens is 233 g/mol. The minimum absolute atomic E-state index is 0.132. The number of para-hydroxylation sites is 1. The van der Waals surface area contributed by atoms with Gasteiger partial charge in [-0.1, -0.05) is 25.5 Å². The van der Waals surface area contributed by atoms with Gasteiger partial charge in [-0.3, -0.25) is 0 Å². The molecular formula is C13H14FN3O. The highest BCUT2D eigenvalue weighted by Crippen LogP contribution is 2.28. The Morgan fingerprint density at radius 1 is 1.28 bits per heavy atom. The Balaban J connectivity index is 2.34. The predicted octanol–water partition coefficient (Wildman–Crippen LogP) is 2.94. The second kappa shape index (κ2) is 5.44. The van der Waals surface area contributed by atoms with Gasteiger partial charge in [-0.25, -0.2) is 14.4 Å². The Hall–Kier alpha value is -2.17. The van der Waals surface area contributed by atoms with Crippen molar-refractivity contribution in [2.24, 2.45) is 0 Å². The molecule has 0 fully saturated rings. The largest absolute Gasteiger partial charge is 0.435 e. The molecule has 5 heteroatoms. The maximum absolute atomic E-state index is 13.5. The molecule has 18 heavy (non-hydrogen) atoms. The van der Waals surface area contributed by atoms with Crippen LogP contribution in [-0.4, -0.2) is 9.97 Å². The summed E-state index contributed by atoms with van der Waals surface area (Å²) in [6.07, 6.45) is 2.88. The van der Waals surface area contributed by atoms with Crippen molar-refractivity contribution < 1.29 is 9.13 Å². The Kier molecular flexibility index (Phi) is 3.72. The zero-order chi connectivity index (χ0) is 13.0. The highest BCUT2D eigenvalue weighted by molar-refractivity contribution is 5.46. The van der Waals surface area contributed by atoms with Gasteiger partial charge in [0.25, 0.3) is 0 Å². The van der Waals surface area contributed by atoms with Crippen molar-refractivity contribution in [3.8, 4) is 11.6 Å². The molecule has 0 aliphatic heterocycles. The zero-order valence-electron chi connectivity index (χ0n) is 10.1. The number of anilines is 1. The number of rotatable bonds is 4. The quantitative estimate of drug-likeness (QED) is 0.902. The number of nitrogens with zero attached hydrogens (tertiary/aromatic N) is 2. The van der Waals surface area contributed by atoms with Gasteiger partial charge in [-0.2, -0.15) is 0 Å². The fourth-order valence-corrected chi connectivity index (χ4v) is 1.61.